The van der Waals surface area contributed by atoms with Crippen LogP contribution in [0.25, 0.3) is 0 Å². The Morgan fingerprint density at radius 3 is 1.79 bits per heavy atom. The van der Waals surface area contributed by atoms with Gasteiger partial charge in [0.2, 0.25) is 5.78 Å². The molecule has 0 fully saturated rings. The summed E-state index contributed by atoms with van der Waals surface area (Å²) in [6, 6.07) is 35.9. The summed E-state index contributed by atoms with van der Waals surface area (Å²) in [6.45, 7) is 0. The van der Waals surface area contributed by atoms with Crippen LogP contribution in [0.5, 0.6) is 0 Å². The molecule has 5 rings (SSSR count). The number of benzene rings is 4. The van der Waals surface area contributed by atoms with E-state index < -0.39 is 5.54 Å². The molecule has 4 heteroatoms. The van der Waals surface area contributed by atoms with Gasteiger partial charge < -0.3 is 0 Å². The Bertz CT molecular complexity index is 1430. The summed E-state index contributed by atoms with van der Waals surface area (Å²) in [5, 5.41) is 18.7. The van der Waals surface area contributed by atoms with Crippen molar-refractivity contribution in [2.24, 2.45) is 4.99 Å². The summed E-state index contributed by atoms with van der Waals surface area (Å²) < 4.78 is 0. The van der Waals surface area contributed by atoms with E-state index in [2.05, 4.69) is 12.1 Å². The number of Topliss-reactive ketones (excluding diaryl/α,β-unsaturated/α-hetero) is 1. The summed E-state index contributed by atoms with van der Waals surface area (Å²) in [7, 11) is 0. The molecule has 4 aromatic carbocycles. The van der Waals surface area contributed by atoms with E-state index in [1.54, 1.807) is 30.3 Å². The first-order valence-electron chi connectivity index (χ1n) is 10.5. The van der Waals surface area contributed by atoms with E-state index in [0.29, 0.717) is 28.0 Å². The van der Waals surface area contributed by atoms with Gasteiger partial charge in [-0.25, -0.2) is 0 Å². The van der Waals surface area contributed by atoms with E-state index in [1.807, 2.05) is 72.8 Å². The Kier molecular flexibility index (Phi) is 4.90. The van der Waals surface area contributed by atoms with Crippen LogP contribution in [0.1, 0.15) is 43.7 Å². The third-order valence-corrected chi connectivity index (χ3v) is 5.95. The lowest BCUT2D eigenvalue weighted by Crippen LogP contribution is -2.25. The standard InChI is InChI=1S/C29H17N3O/c30-18-20-11-14-22(15-12-20)28(33)27-25-16-13-21(19-31)17-26(25)29(32-27,23-7-3-1-4-8-23)24-9-5-2-6-10-24/h1-17H. The highest BCUT2D eigenvalue weighted by molar-refractivity contribution is 6.52. The maximum Gasteiger partial charge on any atom is 0.211 e. The molecule has 33 heavy (non-hydrogen) atoms. The predicted octanol–water partition coefficient (Wildman–Crippen LogP) is 5.41. The smallest absolute Gasteiger partial charge is 0.211 e. The molecule has 154 valence electrons. The molecule has 0 aromatic heterocycles. The molecule has 0 amide bonds. The zero-order valence-corrected chi connectivity index (χ0v) is 17.6. The average molecular weight is 423 g/mol. The lowest BCUT2D eigenvalue weighted by molar-refractivity contribution is 0.106. The molecule has 0 saturated carbocycles. The van der Waals surface area contributed by atoms with Gasteiger partial charge in [0, 0.05) is 11.1 Å². The molecule has 0 radical (unpaired) electrons. The molecule has 0 saturated heterocycles. The van der Waals surface area contributed by atoms with Gasteiger partial charge in [-0.15, -0.1) is 0 Å². The molecule has 4 aromatic rings. The van der Waals surface area contributed by atoms with Crippen LogP contribution in [-0.4, -0.2) is 11.5 Å². The van der Waals surface area contributed by atoms with E-state index in [4.69, 9.17) is 10.3 Å². The van der Waals surface area contributed by atoms with Gasteiger partial charge in [-0.05, 0) is 53.1 Å². The molecule has 0 aliphatic carbocycles. The Hall–Kier alpha value is -4.80. The van der Waals surface area contributed by atoms with Gasteiger partial charge in [-0.2, -0.15) is 10.5 Å². The van der Waals surface area contributed by atoms with Crippen LogP contribution in [-0.2, 0) is 5.54 Å². The van der Waals surface area contributed by atoms with Crippen LogP contribution in [0.3, 0.4) is 0 Å². The van der Waals surface area contributed by atoms with Crippen molar-refractivity contribution in [1.82, 2.24) is 0 Å². The van der Waals surface area contributed by atoms with Crippen molar-refractivity contribution >= 4 is 11.5 Å². The first-order valence-corrected chi connectivity index (χ1v) is 10.5. The number of carbonyl (C=O) groups excluding carboxylic acids is 1. The Balaban J connectivity index is 1.80. The molecular formula is C29H17N3O. The van der Waals surface area contributed by atoms with Crippen molar-refractivity contribution < 1.29 is 4.79 Å². The first kappa shape index (κ1) is 20.1. The minimum absolute atomic E-state index is 0.223. The normalized spacial score (nSPS) is 13.3. The van der Waals surface area contributed by atoms with Gasteiger partial charge in [0.1, 0.15) is 11.3 Å². The zero-order chi connectivity index (χ0) is 22.8. The topological polar surface area (TPSA) is 77.0 Å². The average Bonchev–Trinajstić information content (AvgIpc) is 3.25. The first-order chi connectivity index (χ1) is 16.2. The molecule has 1 heterocycles. The number of hydrogen-bond acceptors (Lipinski definition) is 4. The largest absolute Gasteiger partial charge is 0.287 e. The van der Waals surface area contributed by atoms with Crippen LogP contribution >= 0.6 is 0 Å². The van der Waals surface area contributed by atoms with E-state index in [1.165, 1.54) is 0 Å². The SMILES string of the molecule is N#Cc1ccc(C(=O)C2=NC(c3ccccc3)(c3ccccc3)c3cc(C#N)ccc32)cc1. The van der Waals surface area contributed by atoms with Gasteiger partial charge >= 0.3 is 0 Å². The Labute approximate surface area is 191 Å². The highest BCUT2D eigenvalue weighted by Gasteiger charge is 2.45. The maximum absolute atomic E-state index is 13.6. The lowest BCUT2D eigenvalue weighted by atomic mass is 9.77. The van der Waals surface area contributed by atoms with Crippen LogP contribution < -0.4 is 0 Å². The van der Waals surface area contributed by atoms with E-state index in [-0.39, 0.29) is 5.78 Å². The predicted molar refractivity (Wildman–Crippen MR) is 126 cm³/mol. The van der Waals surface area contributed by atoms with Crippen molar-refractivity contribution in [2.45, 2.75) is 5.54 Å². The van der Waals surface area contributed by atoms with E-state index >= 15 is 0 Å². The minimum atomic E-state index is -0.956. The number of carbonyl (C=O) groups is 1. The fourth-order valence-corrected chi connectivity index (χ4v) is 4.38. The zero-order valence-electron chi connectivity index (χ0n) is 17.6. The second-order valence-electron chi connectivity index (χ2n) is 7.79. The highest BCUT2D eigenvalue weighted by atomic mass is 16.1. The summed E-state index contributed by atoms with van der Waals surface area (Å²) in [4.78, 5) is 18.8. The summed E-state index contributed by atoms with van der Waals surface area (Å²) >= 11 is 0. The molecule has 0 unspecified atom stereocenters. The van der Waals surface area contributed by atoms with Gasteiger partial charge in [0.05, 0.1) is 23.3 Å². The second kappa shape index (κ2) is 8.04. The van der Waals surface area contributed by atoms with Crippen LogP contribution in [0.2, 0.25) is 0 Å². The molecule has 0 spiro atoms. The Morgan fingerprint density at radius 1 is 0.697 bits per heavy atom. The second-order valence-corrected chi connectivity index (χ2v) is 7.79. The van der Waals surface area contributed by atoms with E-state index in [9.17, 15) is 10.1 Å². The van der Waals surface area contributed by atoms with Crippen LogP contribution in [0.15, 0.2) is 108 Å². The van der Waals surface area contributed by atoms with Crippen molar-refractivity contribution in [3.63, 3.8) is 0 Å². The Morgan fingerprint density at radius 2 is 1.24 bits per heavy atom. The minimum Gasteiger partial charge on any atom is -0.287 e. The fraction of sp³-hybridized carbons (Fsp3) is 0.0345. The number of rotatable bonds is 4. The summed E-state index contributed by atoms with van der Waals surface area (Å²) in [5.41, 5.74) is 4.17. The van der Waals surface area contributed by atoms with Crippen LogP contribution in [0, 0.1) is 22.7 Å². The third-order valence-electron chi connectivity index (χ3n) is 5.95. The monoisotopic (exact) mass is 423 g/mol. The van der Waals surface area contributed by atoms with Crippen molar-refractivity contribution in [3.05, 3.63) is 142 Å². The maximum atomic E-state index is 13.6. The fourth-order valence-electron chi connectivity index (χ4n) is 4.38. The molecule has 0 N–H and O–H groups in total. The number of ketones is 1. The van der Waals surface area contributed by atoms with Gasteiger partial charge in [0.25, 0.3) is 0 Å². The van der Waals surface area contributed by atoms with Gasteiger partial charge in [-0.3, -0.25) is 9.79 Å². The summed E-state index contributed by atoms with van der Waals surface area (Å²) in [6.07, 6.45) is 0. The lowest BCUT2D eigenvalue weighted by Gasteiger charge is -2.29. The number of fused-ring (bicyclic) bond motifs is 1. The third kappa shape index (κ3) is 3.22. The highest BCUT2D eigenvalue weighted by Crippen LogP contribution is 2.47. The molecular weight excluding hydrogens is 406 g/mol. The number of aliphatic imine (C=N–C) groups is 1. The summed E-state index contributed by atoms with van der Waals surface area (Å²) in [5.74, 6) is -0.223. The van der Waals surface area contributed by atoms with Crippen molar-refractivity contribution in [3.8, 4) is 12.1 Å². The van der Waals surface area contributed by atoms with Crippen molar-refractivity contribution in [1.29, 1.82) is 10.5 Å². The van der Waals surface area contributed by atoms with Gasteiger partial charge in [0.15, 0.2) is 0 Å². The molecule has 0 bridgehead atoms. The van der Waals surface area contributed by atoms with Crippen molar-refractivity contribution in [2.75, 3.05) is 0 Å². The quantitative estimate of drug-likeness (QED) is 0.412. The number of hydrogen-bond donors (Lipinski definition) is 0. The molecule has 4 nitrogen and oxygen atoms in total. The number of nitriles is 2. The van der Waals surface area contributed by atoms with Gasteiger partial charge in [-0.1, -0.05) is 66.7 Å². The number of nitrogens with zero attached hydrogens (tertiary/aromatic N) is 3. The van der Waals surface area contributed by atoms with Crippen LogP contribution in [0.4, 0.5) is 0 Å². The molecule has 1 aliphatic rings. The molecule has 1 aliphatic heterocycles. The molecule has 0 atom stereocenters. The van der Waals surface area contributed by atoms with E-state index in [0.717, 1.165) is 16.7 Å².